The fourth-order valence-electron chi connectivity index (χ4n) is 4.13. The normalized spacial score (nSPS) is 11.3. The zero-order valence-electron chi connectivity index (χ0n) is 18.1. The number of nitrogens with one attached hydrogen (secondary N) is 2. The van der Waals surface area contributed by atoms with Gasteiger partial charge in [-0.15, -0.1) is 10.2 Å². The third-order valence-electron chi connectivity index (χ3n) is 5.76. The number of aromatic nitrogens is 7. The minimum absolute atomic E-state index is 0.106. The van der Waals surface area contributed by atoms with Crippen LogP contribution in [0, 0.1) is 0 Å². The molecule has 5 aromatic rings. The lowest BCUT2D eigenvalue weighted by atomic mass is 9.96. The van der Waals surface area contributed by atoms with Crippen molar-refractivity contribution in [1.82, 2.24) is 35.0 Å². The van der Waals surface area contributed by atoms with Crippen molar-refractivity contribution >= 4 is 5.78 Å². The second-order valence-corrected chi connectivity index (χ2v) is 7.93. The number of hydrogen-bond acceptors (Lipinski definition) is 6. The van der Waals surface area contributed by atoms with Crippen molar-refractivity contribution in [2.45, 2.75) is 32.6 Å². The highest BCUT2D eigenvalue weighted by Gasteiger charge is 2.16. The van der Waals surface area contributed by atoms with Gasteiger partial charge in [-0.2, -0.15) is 10.2 Å². The first-order valence-electron chi connectivity index (χ1n) is 10.9. The zero-order chi connectivity index (χ0) is 22.8. The van der Waals surface area contributed by atoms with Crippen LogP contribution >= 0.6 is 0 Å². The van der Waals surface area contributed by atoms with E-state index in [0.29, 0.717) is 23.6 Å². The van der Waals surface area contributed by atoms with E-state index in [1.807, 2.05) is 48.5 Å². The van der Waals surface area contributed by atoms with Gasteiger partial charge in [0.15, 0.2) is 0 Å². The Labute approximate surface area is 189 Å². The van der Waals surface area contributed by atoms with Crippen molar-refractivity contribution in [2.24, 2.45) is 0 Å². The van der Waals surface area contributed by atoms with E-state index in [4.69, 9.17) is 0 Å². The van der Waals surface area contributed by atoms with Gasteiger partial charge in [-0.25, -0.2) is 0 Å². The van der Waals surface area contributed by atoms with E-state index in [0.717, 1.165) is 47.2 Å². The third-order valence-corrected chi connectivity index (χ3v) is 5.76. The van der Waals surface area contributed by atoms with Gasteiger partial charge in [0.1, 0.15) is 0 Å². The highest BCUT2D eigenvalue weighted by Crippen LogP contribution is 2.30. The lowest BCUT2D eigenvalue weighted by Crippen LogP contribution is -2.20. The molecule has 0 atom stereocenters. The number of rotatable bonds is 7. The molecule has 3 N–H and O–H groups in total. The first-order valence-corrected chi connectivity index (χ1v) is 10.9. The standard InChI is InChI=1S/C24H23N7O2/c1-2-3-8-20-19(23(33)26-24-25-21(32)14-31(20)24)13-15-9-11-16(12-10-15)17-6-4-5-7-18(17)22-27-29-30-28-22/h4-7,9-12,14,32H,2-3,8,13H2,1H3,(H,25,26,33)(H,27,28,29,30). The van der Waals surface area contributed by atoms with Crippen molar-refractivity contribution in [3.05, 3.63) is 81.9 Å². The Bertz CT molecular complexity index is 1450. The van der Waals surface area contributed by atoms with Crippen LogP contribution in [0.3, 0.4) is 0 Å². The van der Waals surface area contributed by atoms with E-state index in [2.05, 4.69) is 37.5 Å². The first-order chi connectivity index (χ1) is 16.1. The predicted molar refractivity (Wildman–Crippen MR) is 124 cm³/mol. The number of aromatic hydroxyl groups is 1. The van der Waals surface area contributed by atoms with E-state index in [9.17, 15) is 9.90 Å². The molecule has 0 fully saturated rings. The molecule has 5 rings (SSSR count). The molecule has 0 saturated heterocycles. The Morgan fingerprint density at radius 2 is 1.85 bits per heavy atom. The molecule has 3 heterocycles. The van der Waals surface area contributed by atoms with Crippen LogP contribution in [-0.2, 0) is 12.8 Å². The third kappa shape index (κ3) is 4.00. The van der Waals surface area contributed by atoms with Crippen molar-refractivity contribution in [1.29, 1.82) is 0 Å². The second-order valence-electron chi connectivity index (χ2n) is 7.93. The summed E-state index contributed by atoms with van der Waals surface area (Å²) in [7, 11) is 0. The maximum Gasteiger partial charge on any atom is 0.256 e. The molecular weight excluding hydrogens is 418 g/mol. The maximum atomic E-state index is 12.9. The van der Waals surface area contributed by atoms with Gasteiger partial charge >= 0.3 is 0 Å². The van der Waals surface area contributed by atoms with Crippen LogP contribution in [0.25, 0.3) is 28.3 Å². The van der Waals surface area contributed by atoms with Gasteiger partial charge in [-0.05, 0) is 34.7 Å². The van der Waals surface area contributed by atoms with Crippen LogP contribution in [0.15, 0.2) is 59.5 Å². The Balaban J connectivity index is 1.50. The lowest BCUT2D eigenvalue weighted by molar-refractivity contribution is 0.457. The summed E-state index contributed by atoms with van der Waals surface area (Å²) in [4.78, 5) is 19.7. The van der Waals surface area contributed by atoms with Gasteiger partial charge in [0.25, 0.3) is 5.56 Å². The van der Waals surface area contributed by atoms with E-state index in [1.165, 1.54) is 0 Å². The number of nitrogens with zero attached hydrogens (tertiary/aromatic N) is 5. The molecule has 9 nitrogen and oxygen atoms in total. The SMILES string of the molecule is CCCCc1c(Cc2ccc(-c3ccccc3-c3nn[nH]n3)cc2)c(=O)[nH]c2nc(O)cn12. The molecule has 0 unspecified atom stereocenters. The summed E-state index contributed by atoms with van der Waals surface area (Å²) in [6, 6.07) is 16.0. The van der Waals surface area contributed by atoms with Gasteiger partial charge in [-0.1, -0.05) is 61.9 Å². The maximum absolute atomic E-state index is 12.9. The zero-order valence-corrected chi connectivity index (χ0v) is 18.1. The van der Waals surface area contributed by atoms with Gasteiger partial charge < -0.3 is 5.11 Å². The van der Waals surface area contributed by atoms with Gasteiger partial charge in [0.2, 0.25) is 17.5 Å². The van der Waals surface area contributed by atoms with Crippen LogP contribution in [-0.4, -0.2) is 40.1 Å². The summed E-state index contributed by atoms with van der Waals surface area (Å²) < 4.78 is 1.79. The summed E-state index contributed by atoms with van der Waals surface area (Å²) in [6.07, 6.45) is 4.71. The number of imidazole rings is 1. The number of benzene rings is 2. The molecular formula is C24H23N7O2. The highest BCUT2D eigenvalue weighted by molar-refractivity contribution is 5.80. The molecule has 0 amide bonds. The van der Waals surface area contributed by atoms with Crippen molar-refractivity contribution < 1.29 is 5.11 Å². The van der Waals surface area contributed by atoms with Gasteiger partial charge in [0.05, 0.1) is 6.20 Å². The molecule has 0 bridgehead atoms. The average Bonchev–Trinajstić information content (AvgIpc) is 3.49. The Hall–Kier alpha value is -4.27. The molecule has 0 aliphatic heterocycles. The monoisotopic (exact) mass is 441 g/mol. The number of hydrogen-bond donors (Lipinski definition) is 3. The van der Waals surface area contributed by atoms with E-state index in [-0.39, 0.29) is 11.4 Å². The molecule has 0 saturated carbocycles. The Morgan fingerprint density at radius 3 is 2.58 bits per heavy atom. The van der Waals surface area contributed by atoms with Crippen molar-refractivity contribution in [3.63, 3.8) is 0 Å². The number of aromatic amines is 2. The van der Waals surface area contributed by atoms with Crippen molar-refractivity contribution in [2.75, 3.05) is 0 Å². The number of fused-ring (bicyclic) bond motifs is 1. The number of aryl methyl sites for hydroxylation is 1. The molecule has 0 aliphatic carbocycles. The number of tetrazole rings is 1. The summed E-state index contributed by atoms with van der Waals surface area (Å²) >= 11 is 0. The Morgan fingerprint density at radius 1 is 1.06 bits per heavy atom. The van der Waals surface area contributed by atoms with Crippen LogP contribution in [0.1, 0.15) is 36.6 Å². The number of unbranched alkanes of at least 4 members (excludes halogenated alkanes) is 1. The van der Waals surface area contributed by atoms with Crippen LogP contribution in [0.5, 0.6) is 5.88 Å². The van der Waals surface area contributed by atoms with Gasteiger partial charge in [0, 0.05) is 23.2 Å². The summed E-state index contributed by atoms with van der Waals surface area (Å²) in [5.41, 5.74) is 5.33. The molecule has 0 radical (unpaired) electrons. The molecule has 33 heavy (non-hydrogen) atoms. The highest BCUT2D eigenvalue weighted by atomic mass is 16.3. The van der Waals surface area contributed by atoms with Crippen LogP contribution < -0.4 is 5.56 Å². The van der Waals surface area contributed by atoms with E-state index < -0.39 is 0 Å². The lowest BCUT2D eigenvalue weighted by Gasteiger charge is -2.12. The molecule has 3 aromatic heterocycles. The molecule has 0 aliphatic rings. The summed E-state index contributed by atoms with van der Waals surface area (Å²) in [5.74, 6) is 0.796. The van der Waals surface area contributed by atoms with Gasteiger partial charge in [-0.3, -0.25) is 14.2 Å². The van der Waals surface area contributed by atoms with E-state index in [1.54, 1.807) is 10.6 Å². The van der Waals surface area contributed by atoms with Crippen LogP contribution in [0.2, 0.25) is 0 Å². The molecule has 166 valence electrons. The fraction of sp³-hybridized carbons (Fsp3) is 0.208. The predicted octanol–water partition coefficient (Wildman–Crippen LogP) is 3.51. The van der Waals surface area contributed by atoms with Crippen molar-refractivity contribution in [3.8, 4) is 28.4 Å². The van der Waals surface area contributed by atoms with E-state index >= 15 is 0 Å². The number of H-pyrrole nitrogens is 2. The first kappa shape index (κ1) is 20.6. The minimum atomic E-state index is -0.175. The van der Waals surface area contributed by atoms with Crippen LogP contribution in [0.4, 0.5) is 0 Å². The Kier molecular flexibility index (Phi) is 5.43. The minimum Gasteiger partial charge on any atom is -0.492 e. The quantitative estimate of drug-likeness (QED) is 0.355. The largest absolute Gasteiger partial charge is 0.492 e. The second kappa shape index (κ2) is 8.70. The molecule has 2 aromatic carbocycles. The average molecular weight is 441 g/mol. The fourth-order valence-corrected chi connectivity index (χ4v) is 4.13. The summed E-state index contributed by atoms with van der Waals surface area (Å²) in [6.45, 7) is 2.11. The molecule has 9 heteroatoms. The molecule has 0 spiro atoms. The summed E-state index contributed by atoms with van der Waals surface area (Å²) in [5, 5.41) is 24.2. The topological polar surface area (TPSA) is 125 Å². The smallest absolute Gasteiger partial charge is 0.256 e.